The van der Waals surface area contributed by atoms with Gasteiger partial charge in [-0.3, -0.25) is 9.59 Å². The summed E-state index contributed by atoms with van der Waals surface area (Å²) in [4.78, 5) is 30.5. The topological polar surface area (TPSA) is 74.3 Å². The van der Waals surface area contributed by atoms with Crippen molar-refractivity contribution in [3.8, 4) is 0 Å². The molecule has 1 heterocycles. The highest BCUT2D eigenvalue weighted by Crippen LogP contribution is 2.16. The molecule has 2 aromatic rings. The fourth-order valence-electron chi connectivity index (χ4n) is 2.39. The molecule has 144 valence electrons. The summed E-state index contributed by atoms with van der Waals surface area (Å²) in [7, 11) is 0. The molecule has 8 heteroatoms. The third-order valence-electron chi connectivity index (χ3n) is 3.69. The zero-order valence-electron chi connectivity index (χ0n) is 15.4. The molecule has 1 aromatic carbocycles. The van der Waals surface area contributed by atoms with Crippen molar-refractivity contribution in [1.29, 1.82) is 0 Å². The summed E-state index contributed by atoms with van der Waals surface area (Å²) in [5.74, 6) is 0.989. The van der Waals surface area contributed by atoms with E-state index < -0.39 is 0 Å². The van der Waals surface area contributed by atoms with Crippen molar-refractivity contribution < 1.29 is 9.59 Å². The van der Waals surface area contributed by atoms with Crippen LogP contribution in [0.4, 0.5) is 17.2 Å². The Morgan fingerprint density at radius 2 is 1.70 bits per heavy atom. The summed E-state index contributed by atoms with van der Waals surface area (Å²) in [5, 5.41) is 5.59. The van der Waals surface area contributed by atoms with Gasteiger partial charge in [0.05, 0.1) is 23.4 Å². The Bertz CT molecular complexity index is 767. The van der Waals surface area contributed by atoms with Crippen molar-refractivity contribution >= 4 is 56.7 Å². The van der Waals surface area contributed by atoms with Gasteiger partial charge < -0.3 is 15.5 Å². The number of aromatic nitrogens is 1. The number of hydrogen-bond donors (Lipinski definition) is 2. The molecule has 0 bridgehead atoms. The maximum Gasteiger partial charge on any atom is 0.234 e. The van der Waals surface area contributed by atoms with Crippen LogP contribution < -0.4 is 15.5 Å². The molecule has 0 saturated heterocycles. The van der Waals surface area contributed by atoms with E-state index >= 15 is 0 Å². The highest BCUT2D eigenvalue weighted by atomic mass is 79.9. The van der Waals surface area contributed by atoms with Crippen molar-refractivity contribution in [3.63, 3.8) is 0 Å². The monoisotopic (exact) mass is 450 g/mol. The molecule has 0 atom stereocenters. The van der Waals surface area contributed by atoms with E-state index in [0.29, 0.717) is 5.69 Å². The molecule has 0 spiro atoms. The van der Waals surface area contributed by atoms with Gasteiger partial charge >= 0.3 is 0 Å². The highest BCUT2D eigenvalue weighted by molar-refractivity contribution is 9.10. The van der Waals surface area contributed by atoms with Crippen LogP contribution in [0.15, 0.2) is 47.1 Å². The summed E-state index contributed by atoms with van der Waals surface area (Å²) < 4.78 is 0.896. The quantitative estimate of drug-likeness (QED) is 0.603. The summed E-state index contributed by atoms with van der Waals surface area (Å²) in [5.41, 5.74) is 1.37. The minimum atomic E-state index is -0.160. The molecule has 2 N–H and O–H groups in total. The van der Waals surface area contributed by atoms with Crippen molar-refractivity contribution in [2.75, 3.05) is 40.1 Å². The van der Waals surface area contributed by atoms with Gasteiger partial charge in [0.2, 0.25) is 11.8 Å². The number of nitrogens with one attached hydrogen (secondary N) is 2. The number of anilines is 3. The molecule has 27 heavy (non-hydrogen) atoms. The van der Waals surface area contributed by atoms with Gasteiger partial charge in [-0.05, 0) is 44.2 Å². The summed E-state index contributed by atoms with van der Waals surface area (Å²) >= 11 is 4.62. The fraction of sp³-hybridized carbons (Fsp3) is 0.316. The van der Waals surface area contributed by atoms with Crippen LogP contribution in [0.2, 0.25) is 0 Å². The Balaban J connectivity index is 1.73. The SMILES string of the molecule is CCN(CC)c1ccc(NC(=O)CSCC(=O)Nc2cccc(Br)c2)cn1. The van der Waals surface area contributed by atoms with E-state index in [-0.39, 0.29) is 23.3 Å². The second-order valence-electron chi connectivity index (χ2n) is 5.68. The summed E-state index contributed by atoms with van der Waals surface area (Å²) in [6.07, 6.45) is 1.65. The number of hydrogen-bond acceptors (Lipinski definition) is 5. The standard InChI is InChI=1S/C19H23BrN4O2S/c1-3-24(4-2)17-9-8-16(11-21-17)23-19(26)13-27-12-18(25)22-15-7-5-6-14(20)10-15/h5-11H,3-4,12-13H2,1-2H3,(H,22,25)(H,23,26). The van der Waals surface area contributed by atoms with Crippen LogP contribution in [-0.2, 0) is 9.59 Å². The zero-order chi connectivity index (χ0) is 19.6. The van der Waals surface area contributed by atoms with E-state index in [1.54, 1.807) is 6.20 Å². The fourth-order valence-corrected chi connectivity index (χ4v) is 3.41. The average molecular weight is 451 g/mol. The van der Waals surface area contributed by atoms with Crippen LogP contribution >= 0.6 is 27.7 Å². The van der Waals surface area contributed by atoms with E-state index in [2.05, 4.69) is 50.3 Å². The van der Waals surface area contributed by atoms with Crippen molar-refractivity contribution in [2.45, 2.75) is 13.8 Å². The first-order valence-electron chi connectivity index (χ1n) is 8.65. The van der Waals surface area contributed by atoms with Crippen molar-refractivity contribution in [2.24, 2.45) is 0 Å². The van der Waals surface area contributed by atoms with Crippen LogP contribution in [0.1, 0.15) is 13.8 Å². The summed E-state index contributed by atoms with van der Waals surface area (Å²) in [6.45, 7) is 5.91. The molecule has 0 saturated carbocycles. The Morgan fingerprint density at radius 3 is 2.26 bits per heavy atom. The van der Waals surface area contributed by atoms with Gasteiger partial charge in [-0.2, -0.15) is 0 Å². The molecule has 2 amide bonds. The van der Waals surface area contributed by atoms with E-state index in [4.69, 9.17) is 0 Å². The number of rotatable bonds is 9. The van der Waals surface area contributed by atoms with Crippen molar-refractivity contribution in [1.82, 2.24) is 4.98 Å². The smallest absolute Gasteiger partial charge is 0.234 e. The molecule has 0 fully saturated rings. The number of nitrogens with zero attached hydrogens (tertiary/aromatic N) is 2. The highest BCUT2D eigenvalue weighted by Gasteiger charge is 2.08. The first-order valence-corrected chi connectivity index (χ1v) is 10.6. The maximum atomic E-state index is 12.0. The van der Waals surface area contributed by atoms with Crippen LogP contribution in [0.5, 0.6) is 0 Å². The Morgan fingerprint density at radius 1 is 1.04 bits per heavy atom. The van der Waals surface area contributed by atoms with E-state index in [9.17, 15) is 9.59 Å². The lowest BCUT2D eigenvalue weighted by Crippen LogP contribution is -2.23. The minimum absolute atomic E-state index is 0.142. The number of thioether (sulfide) groups is 1. The lowest BCUT2D eigenvalue weighted by atomic mass is 10.3. The largest absolute Gasteiger partial charge is 0.357 e. The van der Waals surface area contributed by atoms with Gasteiger partial charge in [0.1, 0.15) is 5.82 Å². The molecule has 1 aromatic heterocycles. The first-order chi connectivity index (χ1) is 13.0. The van der Waals surface area contributed by atoms with Gasteiger partial charge in [0.25, 0.3) is 0 Å². The Labute approximate surface area is 172 Å². The third kappa shape index (κ3) is 7.22. The first kappa shape index (κ1) is 21.2. The van der Waals surface area contributed by atoms with Gasteiger partial charge in [-0.25, -0.2) is 4.98 Å². The molecule has 0 unspecified atom stereocenters. The van der Waals surface area contributed by atoms with Crippen LogP contribution in [0.25, 0.3) is 0 Å². The van der Waals surface area contributed by atoms with E-state index in [1.807, 2.05) is 36.4 Å². The Kier molecular flexibility index (Phi) is 8.60. The zero-order valence-corrected chi connectivity index (χ0v) is 17.8. The summed E-state index contributed by atoms with van der Waals surface area (Å²) in [6, 6.07) is 11.1. The molecule has 2 rings (SSSR count). The predicted octanol–water partition coefficient (Wildman–Crippen LogP) is 4.00. The lowest BCUT2D eigenvalue weighted by molar-refractivity contribution is -0.114. The number of carbonyl (C=O) groups excluding carboxylic acids is 2. The average Bonchev–Trinajstić information content (AvgIpc) is 2.64. The van der Waals surface area contributed by atoms with Gasteiger partial charge in [0, 0.05) is 23.2 Å². The van der Waals surface area contributed by atoms with Crippen LogP contribution in [-0.4, -0.2) is 41.4 Å². The molecular weight excluding hydrogens is 428 g/mol. The predicted molar refractivity (Wildman–Crippen MR) is 117 cm³/mol. The third-order valence-corrected chi connectivity index (χ3v) is 5.12. The second-order valence-corrected chi connectivity index (χ2v) is 7.58. The Hall–Kier alpha value is -2.06. The number of amides is 2. The molecule has 0 radical (unpaired) electrons. The number of carbonyl (C=O) groups is 2. The molecule has 0 aliphatic carbocycles. The number of pyridine rings is 1. The van der Waals surface area contributed by atoms with E-state index in [0.717, 1.165) is 29.1 Å². The lowest BCUT2D eigenvalue weighted by Gasteiger charge is -2.19. The number of halogens is 1. The van der Waals surface area contributed by atoms with Crippen LogP contribution in [0, 0.1) is 0 Å². The van der Waals surface area contributed by atoms with E-state index in [1.165, 1.54) is 11.8 Å². The van der Waals surface area contributed by atoms with Gasteiger partial charge in [0.15, 0.2) is 0 Å². The normalized spacial score (nSPS) is 10.3. The molecule has 6 nitrogen and oxygen atoms in total. The molecule has 0 aliphatic heterocycles. The van der Waals surface area contributed by atoms with Gasteiger partial charge in [-0.15, -0.1) is 11.8 Å². The minimum Gasteiger partial charge on any atom is -0.357 e. The van der Waals surface area contributed by atoms with Crippen molar-refractivity contribution in [3.05, 3.63) is 47.1 Å². The van der Waals surface area contributed by atoms with Gasteiger partial charge in [-0.1, -0.05) is 22.0 Å². The maximum absolute atomic E-state index is 12.0. The van der Waals surface area contributed by atoms with Crippen LogP contribution in [0.3, 0.4) is 0 Å². The molecular formula is C19H23BrN4O2S. The number of benzene rings is 1. The second kappa shape index (κ2) is 10.9. The molecule has 0 aliphatic rings.